The molecule has 1 heterocycles. The molecule has 0 bridgehead atoms. The zero-order valence-electron chi connectivity index (χ0n) is 11.5. The van der Waals surface area contributed by atoms with Gasteiger partial charge in [-0.25, -0.2) is 0 Å². The molecule has 1 rings (SSSR count). The number of hydrogen-bond acceptors (Lipinski definition) is 2. The Morgan fingerprint density at radius 2 is 2.12 bits per heavy atom. The Hall–Kier alpha value is -0.0800. The van der Waals surface area contributed by atoms with Gasteiger partial charge in [-0.3, -0.25) is 0 Å². The predicted molar refractivity (Wildman–Crippen MR) is 69.7 cm³/mol. The standard InChI is InChI=1S/C14H29NO/c1-5-12(11-15-14(2,3)4)8-9-13-7-6-10-16-13/h12-13,15H,5-11H2,1-4H3. The molecule has 0 spiro atoms. The molecule has 2 heteroatoms. The van der Waals surface area contributed by atoms with Crippen LogP contribution in [-0.2, 0) is 4.74 Å². The smallest absolute Gasteiger partial charge is 0.0576 e. The highest BCUT2D eigenvalue weighted by molar-refractivity contribution is 4.74. The molecule has 0 radical (unpaired) electrons. The molecule has 0 aliphatic carbocycles. The zero-order valence-corrected chi connectivity index (χ0v) is 11.5. The minimum Gasteiger partial charge on any atom is -0.378 e. The molecule has 0 saturated carbocycles. The SMILES string of the molecule is CCC(CCC1CCCO1)CNC(C)(C)C. The van der Waals surface area contributed by atoms with Crippen molar-refractivity contribution in [2.75, 3.05) is 13.2 Å². The Labute approximate surface area is 101 Å². The van der Waals surface area contributed by atoms with Crippen LogP contribution in [0.4, 0.5) is 0 Å². The van der Waals surface area contributed by atoms with Gasteiger partial charge < -0.3 is 10.1 Å². The van der Waals surface area contributed by atoms with Crippen LogP contribution in [0.15, 0.2) is 0 Å². The summed E-state index contributed by atoms with van der Waals surface area (Å²) in [5.74, 6) is 0.809. The third-order valence-electron chi connectivity index (χ3n) is 3.42. The number of ether oxygens (including phenoxy) is 1. The van der Waals surface area contributed by atoms with Crippen molar-refractivity contribution in [3.63, 3.8) is 0 Å². The van der Waals surface area contributed by atoms with Crippen LogP contribution < -0.4 is 5.32 Å². The maximum absolute atomic E-state index is 5.67. The summed E-state index contributed by atoms with van der Waals surface area (Å²) in [7, 11) is 0. The highest BCUT2D eigenvalue weighted by Crippen LogP contribution is 2.21. The average Bonchev–Trinajstić information content (AvgIpc) is 2.69. The van der Waals surface area contributed by atoms with E-state index in [9.17, 15) is 0 Å². The molecule has 0 aromatic rings. The first-order chi connectivity index (χ1) is 7.51. The van der Waals surface area contributed by atoms with Crippen molar-refractivity contribution in [3.05, 3.63) is 0 Å². The third kappa shape index (κ3) is 5.86. The lowest BCUT2D eigenvalue weighted by atomic mass is 9.96. The van der Waals surface area contributed by atoms with E-state index in [0.717, 1.165) is 19.1 Å². The van der Waals surface area contributed by atoms with Gasteiger partial charge in [0, 0.05) is 12.1 Å². The van der Waals surface area contributed by atoms with E-state index in [4.69, 9.17) is 4.74 Å². The van der Waals surface area contributed by atoms with Gasteiger partial charge in [0.05, 0.1) is 6.10 Å². The zero-order chi connectivity index (χ0) is 12.0. The molecule has 96 valence electrons. The third-order valence-corrected chi connectivity index (χ3v) is 3.42. The molecule has 2 nitrogen and oxygen atoms in total. The van der Waals surface area contributed by atoms with E-state index in [-0.39, 0.29) is 5.54 Å². The molecule has 16 heavy (non-hydrogen) atoms. The lowest BCUT2D eigenvalue weighted by Crippen LogP contribution is -2.39. The maximum Gasteiger partial charge on any atom is 0.0576 e. The van der Waals surface area contributed by atoms with Crippen molar-refractivity contribution in [1.29, 1.82) is 0 Å². The monoisotopic (exact) mass is 227 g/mol. The second-order valence-corrected chi connectivity index (χ2v) is 6.12. The molecule has 0 aromatic carbocycles. The fourth-order valence-corrected chi connectivity index (χ4v) is 2.19. The van der Waals surface area contributed by atoms with Crippen LogP contribution in [0.2, 0.25) is 0 Å². The van der Waals surface area contributed by atoms with Crippen LogP contribution in [0, 0.1) is 5.92 Å². The Morgan fingerprint density at radius 1 is 1.38 bits per heavy atom. The highest BCUT2D eigenvalue weighted by Gasteiger charge is 2.18. The van der Waals surface area contributed by atoms with Crippen LogP contribution in [-0.4, -0.2) is 24.8 Å². The van der Waals surface area contributed by atoms with Gasteiger partial charge in [0.15, 0.2) is 0 Å². The van der Waals surface area contributed by atoms with Crippen molar-refractivity contribution in [3.8, 4) is 0 Å². The second kappa shape index (κ2) is 6.61. The second-order valence-electron chi connectivity index (χ2n) is 6.12. The Kier molecular flexibility index (Phi) is 5.77. The van der Waals surface area contributed by atoms with Gasteiger partial charge in [0.1, 0.15) is 0 Å². The Morgan fingerprint density at radius 3 is 2.62 bits per heavy atom. The first kappa shape index (κ1) is 14.0. The van der Waals surface area contributed by atoms with Gasteiger partial charge in [-0.15, -0.1) is 0 Å². The van der Waals surface area contributed by atoms with Crippen LogP contribution >= 0.6 is 0 Å². The number of nitrogens with one attached hydrogen (secondary N) is 1. The van der Waals surface area contributed by atoms with Gasteiger partial charge in [0.25, 0.3) is 0 Å². The van der Waals surface area contributed by atoms with E-state index in [0.29, 0.717) is 6.10 Å². The summed E-state index contributed by atoms with van der Waals surface area (Å²) in [4.78, 5) is 0. The fourth-order valence-electron chi connectivity index (χ4n) is 2.19. The van der Waals surface area contributed by atoms with Crippen molar-refractivity contribution in [1.82, 2.24) is 5.32 Å². The fraction of sp³-hybridized carbons (Fsp3) is 1.00. The summed E-state index contributed by atoms with van der Waals surface area (Å²) in [6, 6.07) is 0. The highest BCUT2D eigenvalue weighted by atomic mass is 16.5. The molecule has 1 fully saturated rings. The molecule has 2 unspecified atom stereocenters. The van der Waals surface area contributed by atoms with Gasteiger partial charge in [-0.1, -0.05) is 13.3 Å². The molecule has 0 aromatic heterocycles. The lowest BCUT2D eigenvalue weighted by Gasteiger charge is -2.25. The average molecular weight is 227 g/mol. The van der Waals surface area contributed by atoms with E-state index in [1.165, 1.54) is 32.1 Å². The largest absolute Gasteiger partial charge is 0.378 e. The molecule has 1 aliphatic rings. The summed E-state index contributed by atoms with van der Waals surface area (Å²) in [5, 5.41) is 3.61. The summed E-state index contributed by atoms with van der Waals surface area (Å²) >= 11 is 0. The van der Waals surface area contributed by atoms with Crippen molar-refractivity contribution >= 4 is 0 Å². The van der Waals surface area contributed by atoms with Gasteiger partial charge in [-0.05, 0) is 58.9 Å². The minimum absolute atomic E-state index is 0.247. The van der Waals surface area contributed by atoms with Crippen LogP contribution in [0.1, 0.15) is 59.8 Å². The van der Waals surface area contributed by atoms with E-state index in [1.54, 1.807) is 0 Å². The molecule has 1 aliphatic heterocycles. The molecule has 0 amide bonds. The summed E-state index contributed by atoms with van der Waals surface area (Å²) in [5.41, 5.74) is 0.247. The predicted octanol–water partition coefficient (Wildman–Crippen LogP) is 3.36. The van der Waals surface area contributed by atoms with Crippen molar-refractivity contribution in [2.45, 2.75) is 71.4 Å². The quantitative estimate of drug-likeness (QED) is 0.751. The molecule has 1 N–H and O–H groups in total. The van der Waals surface area contributed by atoms with E-state index in [1.807, 2.05) is 0 Å². The molecular formula is C14H29NO. The van der Waals surface area contributed by atoms with E-state index < -0.39 is 0 Å². The lowest BCUT2D eigenvalue weighted by molar-refractivity contribution is 0.0974. The van der Waals surface area contributed by atoms with Gasteiger partial charge in [0.2, 0.25) is 0 Å². The summed E-state index contributed by atoms with van der Waals surface area (Å²) < 4.78 is 5.67. The Bertz CT molecular complexity index is 180. The number of hydrogen-bond donors (Lipinski definition) is 1. The van der Waals surface area contributed by atoms with Gasteiger partial charge in [-0.2, -0.15) is 0 Å². The van der Waals surface area contributed by atoms with Crippen molar-refractivity contribution in [2.24, 2.45) is 5.92 Å². The molecule has 2 atom stereocenters. The topological polar surface area (TPSA) is 21.3 Å². The normalized spacial score (nSPS) is 23.6. The Balaban J connectivity index is 2.15. The summed E-state index contributed by atoms with van der Waals surface area (Å²) in [6.45, 7) is 11.1. The number of rotatable bonds is 6. The van der Waals surface area contributed by atoms with Crippen LogP contribution in [0.25, 0.3) is 0 Å². The van der Waals surface area contributed by atoms with Crippen molar-refractivity contribution < 1.29 is 4.74 Å². The van der Waals surface area contributed by atoms with E-state index >= 15 is 0 Å². The maximum atomic E-state index is 5.67. The first-order valence-electron chi connectivity index (χ1n) is 6.88. The minimum atomic E-state index is 0.247. The van der Waals surface area contributed by atoms with Gasteiger partial charge >= 0.3 is 0 Å². The summed E-state index contributed by atoms with van der Waals surface area (Å²) in [6.07, 6.45) is 6.94. The first-order valence-corrected chi connectivity index (χ1v) is 6.88. The molecule has 1 saturated heterocycles. The van der Waals surface area contributed by atoms with Crippen LogP contribution in [0.5, 0.6) is 0 Å². The van der Waals surface area contributed by atoms with E-state index in [2.05, 4.69) is 33.0 Å². The molecular weight excluding hydrogens is 198 g/mol. The van der Waals surface area contributed by atoms with Crippen LogP contribution in [0.3, 0.4) is 0 Å².